The SMILES string of the molecule is Cc1oc(-c2ccc(Br)cc2)nc1CC(=O)Cc1ccccc1. The predicted molar refractivity (Wildman–Crippen MR) is 93.2 cm³/mol. The summed E-state index contributed by atoms with van der Waals surface area (Å²) in [5.41, 5.74) is 2.63. The van der Waals surface area contributed by atoms with Crippen molar-refractivity contribution in [2.45, 2.75) is 19.8 Å². The van der Waals surface area contributed by atoms with E-state index in [1.165, 1.54) is 0 Å². The molecular formula is C19H16BrNO2. The van der Waals surface area contributed by atoms with Gasteiger partial charge in [0.1, 0.15) is 11.5 Å². The van der Waals surface area contributed by atoms with E-state index in [0.717, 1.165) is 15.6 Å². The Bertz CT molecular complexity index is 807. The summed E-state index contributed by atoms with van der Waals surface area (Å²) in [6.45, 7) is 1.85. The van der Waals surface area contributed by atoms with Crippen LogP contribution in [0.1, 0.15) is 17.0 Å². The zero-order valence-corrected chi connectivity index (χ0v) is 14.3. The standard InChI is InChI=1S/C19H16BrNO2/c1-13-18(12-17(22)11-14-5-3-2-4-6-14)21-19(23-13)15-7-9-16(20)10-8-15/h2-10H,11-12H2,1H3. The Morgan fingerprint density at radius 2 is 1.74 bits per heavy atom. The molecule has 0 atom stereocenters. The highest BCUT2D eigenvalue weighted by Gasteiger charge is 2.15. The number of carbonyl (C=O) groups is 1. The average Bonchev–Trinajstić information content (AvgIpc) is 2.90. The van der Waals surface area contributed by atoms with Crippen LogP contribution in [-0.4, -0.2) is 10.8 Å². The van der Waals surface area contributed by atoms with Crippen molar-refractivity contribution in [2.24, 2.45) is 0 Å². The lowest BCUT2D eigenvalue weighted by molar-refractivity contribution is -0.117. The number of benzene rings is 2. The topological polar surface area (TPSA) is 43.1 Å². The van der Waals surface area contributed by atoms with E-state index in [-0.39, 0.29) is 5.78 Å². The molecule has 2 aromatic carbocycles. The minimum Gasteiger partial charge on any atom is -0.441 e. The molecule has 0 aliphatic heterocycles. The van der Waals surface area contributed by atoms with Crippen molar-refractivity contribution < 1.29 is 9.21 Å². The van der Waals surface area contributed by atoms with Crippen LogP contribution in [0.5, 0.6) is 0 Å². The van der Waals surface area contributed by atoms with Gasteiger partial charge in [-0.1, -0.05) is 46.3 Å². The highest BCUT2D eigenvalue weighted by Crippen LogP contribution is 2.24. The molecule has 0 bridgehead atoms. The maximum atomic E-state index is 12.2. The number of aryl methyl sites for hydroxylation is 1. The third-order valence-electron chi connectivity index (χ3n) is 3.59. The van der Waals surface area contributed by atoms with Crippen molar-refractivity contribution in [1.82, 2.24) is 4.98 Å². The van der Waals surface area contributed by atoms with Crippen LogP contribution < -0.4 is 0 Å². The summed E-state index contributed by atoms with van der Waals surface area (Å²) in [5.74, 6) is 1.39. The number of rotatable bonds is 5. The first kappa shape index (κ1) is 15.7. The Balaban J connectivity index is 1.73. The van der Waals surface area contributed by atoms with Crippen LogP contribution in [-0.2, 0) is 17.6 Å². The van der Waals surface area contributed by atoms with Gasteiger partial charge in [-0.3, -0.25) is 4.79 Å². The van der Waals surface area contributed by atoms with E-state index < -0.39 is 0 Å². The summed E-state index contributed by atoms with van der Waals surface area (Å²) in [7, 11) is 0. The van der Waals surface area contributed by atoms with Crippen molar-refractivity contribution in [3.63, 3.8) is 0 Å². The second-order valence-electron chi connectivity index (χ2n) is 5.41. The van der Waals surface area contributed by atoms with Gasteiger partial charge in [0.2, 0.25) is 5.89 Å². The zero-order valence-electron chi connectivity index (χ0n) is 12.8. The minimum atomic E-state index is 0.134. The van der Waals surface area contributed by atoms with Crippen molar-refractivity contribution in [2.75, 3.05) is 0 Å². The van der Waals surface area contributed by atoms with Crippen LogP contribution in [0, 0.1) is 6.92 Å². The minimum absolute atomic E-state index is 0.134. The molecule has 0 saturated carbocycles. The molecule has 3 rings (SSSR count). The van der Waals surface area contributed by atoms with E-state index in [9.17, 15) is 4.79 Å². The lowest BCUT2D eigenvalue weighted by atomic mass is 10.1. The van der Waals surface area contributed by atoms with Crippen LogP contribution in [0.3, 0.4) is 0 Å². The highest BCUT2D eigenvalue weighted by atomic mass is 79.9. The second-order valence-corrected chi connectivity index (χ2v) is 6.32. The predicted octanol–water partition coefficient (Wildman–Crippen LogP) is 4.77. The fraction of sp³-hybridized carbons (Fsp3) is 0.158. The number of aromatic nitrogens is 1. The highest BCUT2D eigenvalue weighted by molar-refractivity contribution is 9.10. The molecule has 1 aromatic heterocycles. The molecule has 4 heteroatoms. The van der Waals surface area contributed by atoms with E-state index in [4.69, 9.17) is 4.42 Å². The smallest absolute Gasteiger partial charge is 0.226 e. The molecule has 0 aliphatic carbocycles. The Morgan fingerprint density at radius 1 is 1.04 bits per heavy atom. The van der Waals surface area contributed by atoms with Gasteiger partial charge in [0, 0.05) is 16.5 Å². The Hall–Kier alpha value is -2.20. The van der Waals surface area contributed by atoms with E-state index in [0.29, 0.717) is 30.2 Å². The normalized spacial score (nSPS) is 10.7. The van der Waals surface area contributed by atoms with E-state index >= 15 is 0 Å². The van der Waals surface area contributed by atoms with Gasteiger partial charge < -0.3 is 4.42 Å². The second kappa shape index (κ2) is 6.92. The molecule has 0 saturated heterocycles. The molecule has 0 aliphatic rings. The first-order valence-electron chi connectivity index (χ1n) is 7.39. The fourth-order valence-corrected chi connectivity index (χ4v) is 2.65. The summed E-state index contributed by atoms with van der Waals surface area (Å²) in [4.78, 5) is 16.7. The fourth-order valence-electron chi connectivity index (χ4n) is 2.38. The monoisotopic (exact) mass is 369 g/mol. The summed E-state index contributed by atoms with van der Waals surface area (Å²) in [5, 5.41) is 0. The first-order chi connectivity index (χ1) is 11.1. The third kappa shape index (κ3) is 3.96. The van der Waals surface area contributed by atoms with Gasteiger partial charge in [0.25, 0.3) is 0 Å². The third-order valence-corrected chi connectivity index (χ3v) is 4.12. The van der Waals surface area contributed by atoms with Gasteiger partial charge in [-0.15, -0.1) is 0 Å². The van der Waals surface area contributed by atoms with Crippen molar-refractivity contribution in [1.29, 1.82) is 0 Å². The van der Waals surface area contributed by atoms with Crippen molar-refractivity contribution in [3.05, 3.63) is 76.1 Å². The van der Waals surface area contributed by atoms with Crippen LogP contribution in [0.2, 0.25) is 0 Å². The summed E-state index contributed by atoms with van der Waals surface area (Å²) < 4.78 is 6.72. The van der Waals surface area contributed by atoms with Crippen molar-refractivity contribution >= 4 is 21.7 Å². The summed E-state index contributed by atoms with van der Waals surface area (Å²) >= 11 is 3.41. The Kier molecular flexibility index (Phi) is 4.72. The molecule has 23 heavy (non-hydrogen) atoms. The largest absolute Gasteiger partial charge is 0.441 e. The molecular weight excluding hydrogens is 354 g/mol. The molecule has 0 amide bonds. The number of nitrogens with zero attached hydrogens (tertiary/aromatic N) is 1. The van der Waals surface area contributed by atoms with Gasteiger partial charge >= 0.3 is 0 Å². The molecule has 3 nitrogen and oxygen atoms in total. The Labute approximate surface area is 143 Å². The number of Topliss-reactive ketones (excluding diaryl/α,β-unsaturated/α-hetero) is 1. The van der Waals surface area contributed by atoms with Crippen molar-refractivity contribution in [3.8, 4) is 11.5 Å². The number of hydrogen-bond donors (Lipinski definition) is 0. The van der Waals surface area contributed by atoms with Crippen LogP contribution in [0.15, 0.2) is 63.5 Å². The molecule has 0 N–H and O–H groups in total. The van der Waals surface area contributed by atoms with E-state index in [2.05, 4.69) is 20.9 Å². The first-order valence-corrected chi connectivity index (χ1v) is 8.19. The summed E-state index contributed by atoms with van der Waals surface area (Å²) in [6.07, 6.45) is 0.710. The van der Waals surface area contributed by atoms with Gasteiger partial charge in [-0.25, -0.2) is 4.98 Å². The van der Waals surface area contributed by atoms with Crippen LogP contribution in [0.4, 0.5) is 0 Å². The van der Waals surface area contributed by atoms with Gasteiger partial charge in [-0.05, 0) is 36.8 Å². The van der Waals surface area contributed by atoms with E-state index in [1.54, 1.807) is 0 Å². The van der Waals surface area contributed by atoms with Crippen LogP contribution >= 0.6 is 15.9 Å². The number of hydrogen-bond acceptors (Lipinski definition) is 3. The molecule has 0 spiro atoms. The summed E-state index contributed by atoms with van der Waals surface area (Å²) in [6, 6.07) is 17.5. The number of oxazole rings is 1. The van der Waals surface area contributed by atoms with Crippen LogP contribution in [0.25, 0.3) is 11.5 Å². The average molecular weight is 370 g/mol. The zero-order chi connectivity index (χ0) is 16.2. The Morgan fingerprint density at radius 3 is 2.43 bits per heavy atom. The lowest BCUT2D eigenvalue weighted by Crippen LogP contribution is -2.07. The van der Waals surface area contributed by atoms with Gasteiger partial charge in [-0.2, -0.15) is 0 Å². The quantitative estimate of drug-likeness (QED) is 0.650. The number of halogens is 1. The molecule has 1 heterocycles. The maximum Gasteiger partial charge on any atom is 0.226 e. The van der Waals surface area contributed by atoms with E-state index in [1.807, 2.05) is 61.5 Å². The number of carbonyl (C=O) groups excluding carboxylic acids is 1. The number of ketones is 1. The molecule has 3 aromatic rings. The molecule has 0 fully saturated rings. The van der Waals surface area contributed by atoms with Gasteiger partial charge in [0.15, 0.2) is 0 Å². The van der Waals surface area contributed by atoms with Gasteiger partial charge in [0.05, 0.1) is 12.1 Å². The molecule has 0 unspecified atom stereocenters. The maximum absolute atomic E-state index is 12.2. The lowest BCUT2D eigenvalue weighted by Gasteiger charge is -1.99. The molecule has 0 radical (unpaired) electrons. The molecule has 116 valence electrons.